The van der Waals surface area contributed by atoms with E-state index in [9.17, 15) is 13.2 Å². The second-order valence-corrected chi connectivity index (χ2v) is 9.15. The van der Waals surface area contributed by atoms with Crippen molar-refractivity contribution in [3.05, 3.63) is 88.4 Å². The van der Waals surface area contributed by atoms with Crippen molar-refractivity contribution < 1.29 is 13.2 Å². The number of rotatable bonds is 3. The zero-order valence-electron chi connectivity index (χ0n) is 16.0. The summed E-state index contributed by atoms with van der Waals surface area (Å²) in [5, 5.41) is 0.518. The molecule has 0 aromatic heterocycles. The average Bonchev–Trinajstić information content (AvgIpc) is 2.68. The van der Waals surface area contributed by atoms with Crippen LogP contribution in [0.1, 0.15) is 16.7 Å². The third-order valence-corrected chi connectivity index (χ3v) is 7.04. The molecule has 148 valence electrons. The molecule has 0 unspecified atom stereocenters. The van der Waals surface area contributed by atoms with Crippen LogP contribution in [0.2, 0.25) is 5.02 Å². The van der Waals surface area contributed by atoms with Gasteiger partial charge < -0.3 is 0 Å². The van der Waals surface area contributed by atoms with E-state index in [0.29, 0.717) is 22.0 Å². The number of anilines is 2. The van der Waals surface area contributed by atoms with Crippen LogP contribution < -0.4 is 9.21 Å². The molecule has 3 aromatic carbocycles. The van der Waals surface area contributed by atoms with Crippen molar-refractivity contribution >= 4 is 39.0 Å². The lowest BCUT2D eigenvalue weighted by atomic mass is 10.1. The highest BCUT2D eigenvalue weighted by atomic mass is 35.5. The smallest absolute Gasteiger partial charge is 0.287 e. The van der Waals surface area contributed by atoms with E-state index in [1.54, 1.807) is 43.3 Å². The Balaban J connectivity index is 1.91. The highest BCUT2D eigenvalue weighted by Gasteiger charge is 2.43. The molecular weight excluding hydrogens is 408 g/mol. The van der Waals surface area contributed by atoms with E-state index in [0.717, 1.165) is 15.4 Å². The summed E-state index contributed by atoms with van der Waals surface area (Å²) in [6.07, 6.45) is 0. The van der Waals surface area contributed by atoms with Crippen LogP contribution in [0.5, 0.6) is 0 Å². The van der Waals surface area contributed by atoms with Crippen molar-refractivity contribution in [2.45, 2.75) is 25.3 Å². The predicted molar refractivity (Wildman–Crippen MR) is 115 cm³/mol. The zero-order valence-corrected chi connectivity index (χ0v) is 17.5. The number of para-hydroxylation sites is 1. The van der Waals surface area contributed by atoms with Crippen LogP contribution in [-0.2, 0) is 16.6 Å². The minimum absolute atomic E-state index is 0.0895. The summed E-state index contributed by atoms with van der Waals surface area (Å²) in [7, 11) is -4.05. The second-order valence-electron chi connectivity index (χ2n) is 6.99. The number of nitrogens with zero attached hydrogens (tertiary/aromatic N) is 2. The van der Waals surface area contributed by atoms with Gasteiger partial charge in [-0.3, -0.25) is 4.90 Å². The zero-order chi connectivity index (χ0) is 20.8. The highest BCUT2D eigenvalue weighted by Crippen LogP contribution is 2.39. The van der Waals surface area contributed by atoms with E-state index >= 15 is 0 Å². The van der Waals surface area contributed by atoms with Crippen molar-refractivity contribution in [2.75, 3.05) is 9.21 Å². The summed E-state index contributed by atoms with van der Waals surface area (Å²) in [6.45, 7) is 3.87. The molecule has 4 rings (SSSR count). The Morgan fingerprint density at radius 3 is 2.31 bits per heavy atom. The molecule has 29 heavy (non-hydrogen) atoms. The molecule has 2 amide bonds. The van der Waals surface area contributed by atoms with Crippen molar-refractivity contribution in [1.82, 2.24) is 0 Å². The molecule has 0 radical (unpaired) electrons. The van der Waals surface area contributed by atoms with E-state index in [1.807, 2.05) is 31.2 Å². The monoisotopic (exact) mass is 426 g/mol. The normalized spacial score (nSPS) is 15.3. The molecule has 0 N–H and O–H groups in total. The van der Waals surface area contributed by atoms with Gasteiger partial charge in [-0.05, 0) is 49.2 Å². The SMILES string of the molecule is Cc1ccc(N2C(=O)N(Cc3ccccc3Cl)c3ccccc3S2(=O)=O)c(C)c1. The Kier molecular flexibility index (Phi) is 4.84. The van der Waals surface area contributed by atoms with E-state index in [1.165, 1.54) is 11.0 Å². The number of sulfonamides is 1. The van der Waals surface area contributed by atoms with E-state index in [-0.39, 0.29) is 11.4 Å². The van der Waals surface area contributed by atoms with Crippen LogP contribution in [0.3, 0.4) is 0 Å². The van der Waals surface area contributed by atoms with Gasteiger partial charge in [-0.15, -0.1) is 0 Å². The summed E-state index contributed by atoms with van der Waals surface area (Å²) < 4.78 is 27.6. The maximum Gasteiger partial charge on any atom is 0.343 e. The Morgan fingerprint density at radius 1 is 0.897 bits per heavy atom. The summed E-state index contributed by atoms with van der Waals surface area (Å²) >= 11 is 6.30. The van der Waals surface area contributed by atoms with Crippen molar-refractivity contribution in [2.24, 2.45) is 0 Å². The summed E-state index contributed by atoms with van der Waals surface area (Å²) in [6, 6.07) is 18.4. The average molecular weight is 427 g/mol. The van der Waals surface area contributed by atoms with E-state index in [2.05, 4.69) is 0 Å². The number of halogens is 1. The maximum absolute atomic E-state index is 13.5. The third-order valence-electron chi connectivity index (χ3n) is 4.94. The van der Waals surface area contributed by atoms with E-state index in [4.69, 9.17) is 11.6 Å². The van der Waals surface area contributed by atoms with Gasteiger partial charge in [0.15, 0.2) is 0 Å². The molecule has 0 fully saturated rings. The first-order valence-corrected chi connectivity index (χ1v) is 10.9. The van der Waals surface area contributed by atoms with Gasteiger partial charge in [-0.1, -0.05) is 59.6 Å². The molecule has 0 saturated carbocycles. The lowest BCUT2D eigenvalue weighted by Gasteiger charge is -2.37. The Labute approximate surface area is 175 Å². The Morgan fingerprint density at radius 2 is 1.59 bits per heavy atom. The molecule has 5 nitrogen and oxygen atoms in total. The first-order valence-electron chi connectivity index (χ1n) is 9.07. The van der Waals surface area contributed by atoms with Crippen LogP contribution >= 0.6 is 11.6 Å². The number of carbonyl (C=O) groups is 1. The summed E-state index contributed by atoms with van der Waals surface area (Å²) in [5.74, 6) is 0. The summed E-state index contributed by atoms with van der Waals surface area (Å²) in [4.78, 5) is 15.0. The van der Waals surface area contributed by atoms with Gasteiger partial charge in [0, 0.05) is 5.02 Å². The van der Waals surface area contributed by atoms with Gasteiger partial charge in [-0.25, -0.2) is 13.2 Å². The maximum atomic E-state index is 13.5. The van der Waals surface area contributed by atoms with Crippen molar-refractivity contribution in [3.63, 3.8) is 0 Å². The lowest BCUT2D eigenvalue weighted by molar-refractivity contribution is 0.253. The lowest BCUT2D eigenvalue weighted by Crippen LogP contribution is -2.51. The van der Waals surface area contributed by atoms with Gasteiger partial charge in [0.05, 0.1) is 17.9 Å². The molecule has 0 spiro atoms. The fourth-order valence-corrected chi connectivity index (χ4v) is 5.38. The van der Waals surface area contributed by atoms with Crippen molar-refractivity contribution in [1.29, 1.82) is 0 Å². The number of aryl methyl sites for hydroxylation is 2. The number of fused-ring (bicyclic) bond motifs is 1. The largest absolute Gasteiger partial charge is 0.343 e. The van der Waals surface area contributed by atoms with Gasteiger partial charge in [0.2, 0.25) is 0 Å². The molecule has 1 aliphatic rings. The van der Waals surface area contributed by atoms with Crippen molar-refractivity contribution in [3.8, 4) is 0 Å². The molecular formula is C22H19ClN2O3S. The number of carbonyl (C=O) groups excluding carboxylic acids is 1. The van der Waals surface area contributed by atoms with Crippen LogP contribution in [0.25, 0.3) is 0 Å². The number of hydrogen-bond donors (Lipinski definition) is 0. The van der Waals surface area contributed by atoms with Crippen LogP contribution in [0.15, 0.2) is 71.6 Å². The van der Waals surface area contributed by atoms with Gasteiger partial charge in [-0.2, -0.15) is 4.31 Å². The standard InChI is InChI=1S/C22H19ClN2O3S/c1-15-11-12-19(16(2)13-15)25-22(26)24(14-17-7-3-4-8-18(17)23)20-9-5-6-10-21(20)29(25,27)28/h3-13H,14H2,1-2H3. The van der Waals surface area contributed by atoms with Crippen LogP contribution in [0.4, 0.5) is 16.2 Å². The molecule has 0 bridgehead atoms. The van der Waals surface area contributed by atoms with E-state index < -0.39 is 16.1 Å². The minimum Gasteiger partial charge on any atom is -0.287 e. The number of hydrogen-bond acceptors (Lipinski definition) is 3. The topological polar surface area (TPSA) is 57.7 Å². The van der Waals surface area contributed by atoms with Gasteiger partial charge in [0.1, 0.15) is 4.90 Å². The Hall–Kier alpha value is -2.83. The minimum atomic E-state index is -4.05. The predicted octanol–water partition coefficient (Wildman–Crippen LogP) is 5.29. The number of urea groups is 1. The van der Waals surface area contributed by atoms with Crippen LogP contribution in [0, 0.1) is 13.8 Å². The van der Waals surface area contributed by atoms with Gasteiger partial charge in [0.25, 0.3) is 10.0 Å². The molecule has 0 saturated heterocycles. The fourth-order valence-electron chi connectivity index (χ4n) is 3.53. The highest BCUT2D eigenvalue weighted by molar-refractivity contribution is 7.94. The molecule has 0 atom stereocenters. The molecule has 0 aliphatic carbocycles. The quantitative estimate of drug-likeness (QED) is 0.571. The first-order chi connectivity index (χ1) is 13.8. The Bertz CT molecular complexity index is 1220. The fraction of sp³-hybridized carbons (Fsp3) is 0.136. The number of benzene rings is 3. The molecule has 1 aliphatic heterocycles. The third kappa shape index (κ3) is 3.28. The second kappa shape index (κ2) is 7.21. The first kappa shape index (κ1) is 19.5. The molecule has 7 heteroatoms. The van der Waals surface area contributed by atoms with Crippen LogP contribution in [-0.4, -0.2) is 14.4 Å². The van der Waals surface area contributed by atoms with Gasteiger partial charge >= 0.3 is 6.03 Å². The molecule has 1 heterocycles. The molecule has 3 aromatic rings. The summed E-state index contributed by atoms with van der Waals surface area (Å²) in [5.41, 5.74) is 3.12. The number of amides is 2.